The van der Waals surface area contributed by atoms with Crippen LogP contribution in [0.25, 0.3) is 0 Å². The lowest BCUT2D eigenvalue weighted by Gasteiger charge is -2.02. The van der Waals surface area contributed by atoms with Gasteiger partial charge in [0.15, 0.2) is 0 Å². The minimum absolute atomic E-state index is 0.144. The molecule has 2 rings (SSSR count). The number of H-pyrrole nitrogens is 1. The Labute approximate surface area is 103 Å². The van der Waals surface area contributed by atoms with E-state index in [9.17, 15) is 8.42 Å². The molecule has 17 heavy (non-hydrogen) atoms. The van der Waals surface area contributed by atoms with Crippen LogP contribution in [0.3, 0.4) is 0 Å². The maximum atomic E-state index is 11.9. The summed E-state index contributed by atoms with van der Waals surface area (Å²) in [5.41, 5.74) is 5.44. The number of hydrogen-bond acceptors (Lipinski definition) is 5. The normalized spacial score (nSPS) is 11.8. The van der Waals surface area contributed by atoms with Crippen LogP contribution in [0.5, 0.6) is 0 Å². The molecule has 0 fully saturated rings. The van der Waals surface area contributed by atoms with Crippen molar-refractivity contribution in [1.82, 2.24) is 14.7 Å². The molecule has 92 valence electrons. The van der Waals surface area contributed by atoms with E-state index in [4.69, 9.17) is 5.73 Å². The third kappa shape index (κ3) is 2.91. The van der Waals surface area contributed by atoms with Gasteiger partial charge in [0.25, 0.3) is 0 Å². The lowest BCUT2D eigenvalue weighted by atomic mass is 10.5. The topological polar surface area (TPSA) is 101 Å². The number of nitrogens with one attached hydrogen (secondary N) is 2. The molecule has 2 aromatic rings. The van der Waals surface area contributed by atoms with E-state index < -0.39 is 10.0 Å². The molecule has 0 atom stereocenters. The van der Waals surface area contributed by atoms with Crippen molar-refractivity contribution < 1.29 is 8.42 Å². The first kappa shape index (κ1) is 12.2. The summed E-state index contributed by atoms with van der Waals surface area (Å²) in [6, 6.07) is 3.27. The fraction of sp³-hybridized carbons (Fsp3) is 0.222. The van der Waals surface area contributed by atoms with Crippen LogP contribution >= 0.6 is 11.3 Å². The van der Waals surface area contributed by atoms with Crippen LogP contribution in [0.2, 0.25) is 0 Å². The van der Waals surface area contributed by atoms with Crippen molar-refractivity contribution in [3.05, 3.63) is 35.2 Å². The van der Waals surface area contributed by atoms with E-state index >= 15 is 0 Å². The van der Waals surface area contributed by atoms with Crippen LogP contribution in [-0.2, 0) is 23.1 Å². The Balaban J connectivity index is 2.08. The van der Waals surface area contributed by atoms with E-state index in [0.29, 0.717) is 12.4 Å². The zero-order valence-corrected chi connectivity index (χ0v) is 10.5. The Bertz CT molecular complexity index is 574. The molecule has 2 heterocycles. The van der Waals surface area contributed by atoms with Crippen LogP contribution in [0, 0.1) is 0 Å². The molecule has 0 spiro atoms. The van der Waals surface area contributed by atoms with Gasteiger partial charge in [0.1, 0.15) is 10.0 Å². The molecule has 0 aliphatic heterocycles. The monoisotopic (exact) mass is 272 g/mol. The highest BCUT2D eigenvalue weighted by Gasteiger charge is 2.16. The zero-order chi connectivity index (χ0) is 12.3. The second kappa shape index (κ2) is 4.96. The Morgan fingerprint density at radius 3 is 2.88 bits per heavy atom. The lowest BCUT2D eigenvalue weighted by Crippen LogP contribution is -2.22. The van der Waals surface area contributed by atoms with Gasteiger partial charge in [-0.1, -0.05) is 0 Å². The van der Waals surface area contributed by atoms with Gasteiger partial charge < -0.3 is 10.7 Å². The van der Waals surface area contributed by atoms with E-state index in [1.165, 1.54) is 11.3 Å². The first-order chi connectivity index (χ1) is 8.12. The fourth-order valence-electron chi connectivity index (χ4n) is 1.24. The summed E-state index contributed by atoms with van der Waals surface area (Å²) in [6.45, 7) is 0.490. The summed E-state index contributed by atoms with van der Waals surface area (Å²) in [4.78, 5) is 7.59. The van der Waals surface area contributed by atoms with Crippen LogP contribution in [0.1, 0.15) is 10.7 Å². The number of imidazole rings is 1. The van der Waals surface area contributed by atoms with E-state index in [2.05, 4.69) is 14.7 Å². The Hall–Kier alpha value is -1.22. The van der Waals surface area contributed by atoms with Crippen LogP contribution in [0.15, 0.2) is 28.7 Å². The first-order valence-electron chi connectivity index (χ1n) is 4.88. The van der Waals surface area contributed by atoms with E-state index in [-0.39, 0.29) is 10.8 Å². The molecule has 0 aromatic carbocycles. The van der Waals surface area contributed by atoms with E-state index in [1.54, 1.807) is 24.5 Å². The molecule has 8 heteroatoms. The van der Waals surface area contributed by atoms with Gasteiger partial charge in [0.2, 0.25) is 10.0 Å². The SMILES string of the molecule is NCc1ccc(S(=O)(=O)NCc2ncc[nH]2)s1. The number of sulfonamides is 1. The van der Waals surface area contributed by atoms with Gasteiger partial charge in [-0.15, -0.1) is 11.3 Å². The molecule has 0 unspecified atom stereocenters. The molecule has 0 aliphatic rings. The molecule has 0 aliphatic carbocycles. The Kier molecular flexibility index (Phi) is 3.57. The average molecular weight is 272 g/mol. The minimum atomic E-state index is -3.47. The van der Waals surface area contributed by atoms with Crippen molar-refractivity contribution in [2.24, 2.45) is 5.73 Å². The summed E-state index contributed by atoms with van der Waals surface area (Å²) in [7, 11) is -3.47. The zero-order valence-electron chi connectivity index (χ0n) is 8.88. The maximum Gasteiger partial charge on any atom is 0.250 e. The fourth-order valence-corrected chi connectivity index (χ4v) is 3.51. The smallest absolute Gasteiger partial charge is 0.250 e. The number of rotatable bonds is 5. The Morgan fingerprint density at radius 2 is 2.29 bits per heavy atom. The number of hydrogen-bond donors (Lipinski definition) is 3. The molecule has 0 saturated carbocycles. The average Bonchev–Trinajstić information content (AvgIpc) is 2.98. The minimum Gasteiger partial charge on any atom is -0.347 e. The summed E-state index contributed by atoms with van der Waals surface area (Å²) in [5, 5.41) is 0. The van der Waals surface area contributed by atoms with Crippen LogP contribution < -0.4 is 10.5 Å². The molecule has 0 bridgehead atoms. The molecule has 0 saturated heterocycles. The highest BCUT2D eigenvalue weighted by molar-refractivity contribution is 7.91. The number of thiophene rings is 1. The Morgan fingerprint density at radius 1 is 1.47 bits per heavy atom. The third-order valence-corrected chi connectivity index (χ3v) is 5.09. The molecule has 4 N–H and O–H groups in total. The molecule has 0 radical (unpaired) electrons. The lowest BCUT2D eigenvalue weighted by molar-refractivity contribution is 0.582. The molecule has 6 nitrogen and oxygen atoms in total. The molecule has 2 aromatic heterocycles. The number of aromatic amines is 1. The maximum absolute atomic E-state index is 11.9. The van der Waals surface area contributed by atoms with Crippen molar-refractivity contribution >= 4 is 21.4 Å². The largest absolute Gasteiger partial charge is 0.347 e. The summed E-state index contributed by atoms with van der Waals surface area (Å²) >= 11 is 1.17. The van der Waals surface area contributed by atoms with Gasteiger partial charge in [-0.05, 0) is 12.1 Å². The summed E-state index contributed by atoms with van der Waals surface area (Å²) < 4.78 is 26.5. The number of nitrogens with two attached hydrogens (primary N) is 1. The quantitative estimate of drug-likeness (QED) is 0.733. The predicted molar refractivity (Wildman–Crippen MR) is 64.8 cm³/mol. The summed E-state index contributed by atoms with van der Waals surface area (Å²) in [6.07, 6.45) is 3.21. The molecule has 0 amide bonds. The van der Waals surface area contributed by atoms with Gasteiger partial charge in [0, 0.05) is 23.8 Å². The van der Waals surface area contributed by atoms with E-state index in [1.807, 2.05) is 0 Å². The molecular weight excluding hydrogens is 260 g/mol. The molecular formula is C9H12N4O2S2. The van der Waals surface area contributed by atoms with Gasteiger partial charge in [-0.3, -0.25) is 0 Å². The van der Waals surface area contributed by atoms with E-state index in [0.717, 1.165) is 4.88 Å². The highest BCUT2D eigenvalue weighted by atomic mass is 32.2. The van der Waals surface area contributed by atoms with Gasteiger partial charge >= 0.3 is 0 Å². The second-order valence-corrected chi connectivity index (χ2v) is 6.45. The number of nitrogens with zero attached hydrogens (tertiary/aromatic N) is 1. The highest BCUT2D eigenvalue weighted by Crippen LogP contribution is 2.20. The first-order valence-corrected chi connectivity index (χ1v) is 7.18. The summed E-state index contributed by atoms with van der Waals surface area (Å²) in [5.74, 6) is 0.573. The predicted octanol–water partition coefficient (Wildman–Crippen LogP) is 0.408. The van der Waals surface area contributed by atoms with Crippen molar-refractivity contribution in [3.8, 4) is 0 Å². The van der Waals surface area contributed by atoms with Gasteiger partial charge in [-0.2, -0.15) is 0 Å². The van der Waals surface area contributed by atoms with Crippen molar-refractivity contribution in [2.45, 2.75) is 17.3 Å². The van der Waals surface area contributed by atoms with Crippen LogP contribution in [0.4, 0.5) is 0 Å². The van der Waals surface area contributed by atoms with Crippen molar-refractivity contribution in [3.63, 3.8) is 0 Å². The van der Waals surface area contributed by atoms with Crippen LogP contribution in [-0.4, -0.2) is 18.4 Å². The number of aromatic nitrogens is 2. The second-order valence-electron chi connectivity index (χ2n) is 3.29. The van der Waals surface area contributed by atoms with Crippen molar-refractivity contribution in [1.29, 1.82) is 0 Å². The van der Waals surface area contributed by atoms with Crippen molar-refractivity contribution in [2.75, 3.05) is 0 Å². The standard InChI is InChI=1S/C9H12N4O2S2/c10-5-7-1-2-9(16-7)17(14,15)13-6-8-11-3-4-12-8/h1-4,13H,5-6,10H2,(H,11,12). The van der Waals surface area contributed by atoms with Gasteiger partial charge in [0.05, 0.1) is 6.54 Å². The van der Waals surface area contributed by atoms with Gasteiger partial charge in [-0.25, -0.2) is 18.1 Å². The third-order valence-electron chi connectivity index (χ3n) is 2.09.